The van der Waals surface area contributed by atoms with Gasteiger partial charge < -0.3 is 0 Å². The number of aromatic nitrogens is 12. The zero-order chi connectivity index (χ0) is 29.9. The van der Waals surface area contributed by atoms with Crippen molar-refractivity contribution in [3.05, 3.63) is 107 Å². The molecule has 0 aliphatic rings. The molecule has 0 bridgehead atoms. The summed E-state index contributed by atoms with van der Waals surface area (Å²) in [6.45, 7) is 18.9. The van der Waals surface area contributed by atoms with Crippen LogP contribution in [0.15, 0.2) is 49.6 Å². The van der Waals surface area contributed by atoms with Crippen LogP contribution in [-0.2, 0) is 0 Å². The smallest absolute Gasteiger partial charge is 0.147 e. The fourth-order valence-electron chi connectivity index (χ4n) is 2.15. The first-order valence-electron chi connectivity index (χ1n) is 12.5. The summed E-state index contributed by atoms with van der Waals surface area (Å²) in [7, 11) is 0. The van der Waals surface area contributed by atoms with Crippen LogP contribution in [0.4, 0.5) is 0 Å². The van der Waals surface area contributed by atoms with Gasteiger partial charge >= 0.3 is 0 Å². The first kappa shape index (κ1) is 33.3. The molecule has 0 atom stereocenters. The van der Waals surface area contributed by atoms with E-state index in [1.54, 1.807) is 24.8 Å². The summed E-state index contributed by atoms with van der Waals surface area (Å²) in [5, 5.41) is 15.0. The van der Waals surface area contributed by atoms with Crippen LogP contribution in [0.5, 0.6) is 0 Å². The third-order valence-corrected chi connectivity index (χ3v) is 4.31. The summed E-state index contributed by atoms with van der Waals surface area (Å²) in [6, 6.07) is 0. The second-order valence-corrected chi connectivity index (χ2v) is 8.71. The highest BCUT2D eigenvalue weighted by atomic mass is 15.1. The SMILES string of the molecule is Cc1cnc(C)cn1.Cc1cnc(C)nc1.Cc1cnc(C)nc1.Cc1cnc(C)nn1.Cc1cnc(C)nn1. The molecule has 0 fully saturated rings. The van der Waals surface area contributed by atoms with Crippen LogP contribution < -0.4 is 0 Å². The van der Waals surface area contributed by atoms with Crippen LogP contribution >= 0.6 is 0 Å². The van der Waals surface area contributed by atoms with E-state index >= 15 is 0 Å². The van der Waals surface area contributed by atoms with E-state index in [2.05, 4.69) is 60.3 Å². The van der Waals surface area contributed by atoms with Crippen LogP contribution in [0.3, 0.4) is 0 Å². The van der Waals surface area contributed by atoms with E-state index in [0.717, 1.165) is 57.2 Å². The van der Waals surface area contributed by atoms with Gasteiger partial charge in [-0.3, -0.25) is 9.97 Å². The molecule has 40 heavy (non-hydrogen) atoms. The largest absolute Gasteiger partial charge is 0.258 e. The molecule has 5 rings (SSSR count). The predicted molar refractivity (Wildman–Crippen MR) is 153 cm³/mol. The molecule has 0 saturated carbocycles. The topological polar surface area (TPSA) is 155 Å². The first-order valence-corrected chi connectivity index (χ1v) is 12.5. The molecule has 210 valence electrons. The summed E-state index contributed by atoms with van der Waals surface area (Å²) in [5.74, 6) is 3.09. The van der Waals surface area contributed by atoms with Gasteiger partial charge in [0.05, 0.1) is 35.2 Å². The Morgan fingerprint density at radius 3 is 0.750 bits per heavy atom. The predicted octanol–water partition coefficient (Wildman–Crippen LogP) is 4.26. The fourth-order valence-corrected chi connectivity index (χ4v) is 2.15. The Bertz CT molecular complexity index is 982. The van der Waals surface area contributed by atoms with Gasteiger partial charge in [-0.2, -0.15) is 10.2 Å². The standard InChI is InChI=1S/3C6H8N2.2C5H7N3/c1-5-3-8-6(2)4-7-5;2*1-5-3-7-6(2)8-4-5;2*1-4-3-6-5(2)8-7-4/h3*3-4H,1-2H3;2*3H,1-2H3. The molecule has 0 radical (unpaired) electrons. The molecule has 0 unspecified atom stereocenters. The van der Waals surface area contributed by atoms with Crippen molar-refractivity contribution in [2.24, 2.45) is 0 Å². The number of nitrogens with zero attached hydrogens (tertiary/aromatic N) is 12. The van der Waals surface area contributed by atoms with E-state index in [0.29, 0.717) is 0 Å². The lowest BCUT2D eigenvalue weighted by molar-refractivity contribution is 0.874. The van der Waals surface area contributed by atoms with Crippen LogP contribution in [0, 0.1) is 69.2 Å². The van der Waals surface area contributed by atoms with Crippen molar-refractivity contribution in [2.45, 2.75) is 69.2 Å². The Morgan fingerprint density at radius 2 is 0.550 bits per heavy atom. The molecule has 0 aliphatic heterocycles. The van der Waals surface area contributed by atoms with E-state index in [1.165, 1.54) is 0 Å². The molecule has 0 N–H and O–H groups in total. The molecule has 5 aromatic heterocycles. The van der Waals surface area contributed by atoms with Gasteiger partial charge in [0.2, 0.25) is 0 Å². The van der Waals surface area contributed by atoms with Gasteiger partial charge in [-0.25, -0.2) is 29.9 Å². The minimum Gasteiger partial charge on any atom is -0.258 e. The molecule has 0 saturated heterocycles. The maximum atomic E-state index is 4.02. The Morgan fingerprint density at radius 1 is 0.275 bits per heavy atom. The highest BCUT2D eigenvalue weighted by molar-refractivity contribution is 5.01. The van der Waals surface area contributed by atoms with Crippen LogP contribution in [0.2, 0.25) is 0 Å². The Hall–Kier alpha value is -4.74. The van der Waals surface area contributed by atoms with Crippen LogP contribution in [0.25, 0.3) is 0 Å². The van der Waals surface area contributed by atoms with Gasteiger partial charge in [-0.1, -0.05) is 0 Å². The molecule has 0 aliphatic carbocycles. The molecule has 0 spiro atoms. The third-order valence-electron chi connectivity index (χ3n) is 4.31. The molecule has 0 aromatic carbocycles. The third kappa shape index (κ3) is 16.9. The quantitative estimate of drug-likeness (QED) is 0.274. The fraction of sp³-hybridized carbons (Fsp3) is 0.357. The van der Waals surface area contributed by atoms with E-state index < -0.39 is 0 Å². The number of hydrogen-bond acceptors (Lipinski definition) is 12. The number of rotatable bonds is 0. The summed E-state index contributed by atoms with van der Waals surface area (Å²) >= 11 is 0. The van der Waals surface area contributed by atoms with Gasteiger partial charge in [-0.05, 0) is 80.4 Å². The maximum absolute atomic E-state index is 4.02. The van der Waals surface area contributed by atoms with E-state index in [9.17, 15) is 0 Å². The summed E-state index contributed by atoms with van der Waals surface area (Å²) in [6.07, 6.45) is 14.1. The van der Waals surface area contributed by atoms with Gasteiger partial charge in [-0.15, -0.1) is 10.2 Å². The van der Waals surface area contributed by atoms with Gasteiger partial charge in [0.1, 0.15) is 23.3 Å². The van der Waals surface area contributed by atoms with Crippen molar-refractivity contribution in [3.8, 4) is 0 Å². The van der Waals surface area contributed by atoms with Crippen LogP contribution in [0.1, 0.15) is 57.2 Å². The van der Waals surface area contributed by atoms with Gasteiger partial charge in [0, 0.05) is 37.2 Å². The normalized spacial score (nSPS) is 9.25. The molecule has 12 heteroatoms. The summed E-state index contributed by atoms with van der Waals surface area (Å²) in [5.41, 5.74) is 5.86. The lowest BCUT2D eigenvalue weighted by Crippen LogP contribution is -1.91. The van der Waals surface area contributed by atoms with Crippen LogP contribution in [-0.4, -0.2) is 60.3 Å². The number of hydrogen-bond donors (Lipinski definition) is 0. The highest BCUT2D eigenvalue weighted by Crippen LogP contribution is 1.91. The second-order valence-electron chi connectivity index (χ2n) is 8.71. The van der Waals surface area contributed by atoms with Gasteiger partial charge in [0.15, 0.2) is 0 Å². The first-order chi connectivity index (χ1) is 18.9. The average molecular weight is 543 g/mol. The molecular formula is C28H38N12. The zero-order valence-corrected chi connectivity index (χ0v) is 25.0. The Labute approximate surface area is 236 Å². The lowest BCUT2D eigenvalue weighted by Gasteiger charge is -1.88. The van der Waals surface area contributed by atoms with E-state index in [1.807, 2.05) is 94.0 Å². The summed E-state index contributed by atoms with van der Waals surface area (Å²) in [4.78, 5) is 31.7. The summed E-state index contributed by atoms with van der Waals surface area (Å²) < 4.78 is 0. The van der Waals surface area contributed by atoms with Crippen molar-refractivity contribution in [1.29, 1.82) is 0 Å². The van der Waals surface area contributed by atoms with E-state index in [-0.39, 0.29) is 0 Å². The van der Waals surface area contributed by atoms with E-state index in [4.69, 9.17) is 0 Å². The molecule has 5 heterocycles. The second kappa shape index (κ2) is 18.5. The molecule has 12 nitrogen and oxygen atoms in total. The van der Waals surface area contributed by atoms with Crippen molar-refractivity contribution in [2.75, 3.05) is 0 Å². The zero-order valence-electron chi connectivity index (χ0n) is 25.0. The number of aryl methyl sites for hydroxylation is 10. The molecular weight excluding hydrogens is 504 g/mol. The Balaban J connectivity index is 0.000000250. The van der Waals surface area contributed by atoms with Crippen molar-refractivity contribution < 1.29 is 0 Å². The Kier molecular flexibility index (Phi) is 15.4. The minimum atomic E-state index is 0.718. The van der Waals surface area contributed by atoms with Crippen molar-refractivity contribution in [3.63, 3.8) is 0 Å². The van der Waals surface area contributed by atoms with Crippen molar-refractivity contribution >= 4 is 0 Å². The van der Waals surface area contributed by atoms with Gasteiger partial charge in [0.25, 0.3) is 0 Å². The molecule has 0 amide bonds. The average Bonchev–Trinajstić information content (AvgIpc) is 2.94. The van der Waals surface area contributed by atoms with Crippen molar-refractivity contribution in [1.82, 2.24) is 60.3 Å². The minimum absolute atomic E-state index is 0.718. The monoisotopic (exact) mass is 542 g/mol. The molecule has 5 aromatic rings. The maximum Gasteiger partial charge on any atom is 0.147 e. The lowest BCUT2D eigenvalue weighted by atomic mass is 10.4. The highest BCUT2D eigenvalue weighted by Gasteiger charge is 1.86.